The van der Waals surface area contributed by atoms with Crippen molar-refractivity contribution in [3.8, 4) is 0 Å². The Morgan fingerprint density at radius 3 is 2.84 bits per heavy atom. The number of methoxy groups -OCH3 is 1. The van der Waals surface area contributed by atoms with Crippen LogP contribution in [0.5, 0.6) is 0 Å². The Morgan fingerprint density at radius 1 is 1.47 bits per heavy atom. The van der Waals surface area contributed by atoms with Gasteiger partial charge in [-0.1, -0.05) is 19.4 Å². The number of allylic oxidation sites excluding steroid dienone is 1. The number of rotatable bonds is 3. The fourth-order valence-electron chi connectivity index (χ4n) is 5.36. The molecule has 19 heavy (non-hydrogen) atoms. The number of carboxylic acid groups (broad SMARTS) is 1. The van der Waals surface area contributed by atoms with E-state index in [1.54, 1.807) is 7.11 Å². The van der Waals surface area contributed by atoms with E-state index in [4.69, 9.17) is 4.74 Å². The summed E-state index contributed by atoms with van der Waals surface area (Å²) in [7, 11) is 1.73. The largest absolute Gasteiger partial charge is 0.481 e. The van der Waals surface area contributed by atoms with Crippen molar-refractivity contribution in [2.75, 3.05) is 13.7 Å². The highest BCUT2D eigenvalue weighted by molar-refractivity contribution is 5.75. The molecule has 4 bridgehead atoms. The Bertz CT molecular complexity index is 441. The lowest BCUT2D eigenvalue weighted by Gasteiger charge is -2.65. The summed E-state index contributed by atoms with van der Waals surface area (Å²) in [6.07, 6.45) is 6.39. The molecule has 0 amide bonds. The van der Waals surface area contributed by atoms with Crippen molar-refractivity contribution in [1.29, 1.82) is 0 Å². The van der Waals surface area contributed by atoms with Crippen LogP contribution in [0.25, 0.3) is 0 Å². The van der Waals surface area contributed by atoms with Gasteiger partial charge in [-0.15, -0.1) is 0 Å². The van der Waals surface area contributed by atoms with Crippen LogP contribution in [0.1, 0.15) is 39.5 Å². The van der Waals surface area contributed by atoms with Crippen LogP contribution in [0.3, 0.4) is 0 Å². The number of ether oxygens (including phenoxy) is 1. The van der Waals surface area contributed by atoms with Gasteiger partial charge in [0.05, 0.1) is 12.0 Å². The average Bonchev–Trinajstić information content (AvgIpc) is 2.56. The second kappa shape index (κ2) is 4.08. The predicted molar refractivity (Wildman–Crippen MR) is 72.7 cm³/mol. The van der Waals surface area contributed by atoms with Crippen molar-refractivity contribution in [3.63, 3.8) is 0 Å². The highest BCUT2D eigenvalue weighted by Gasteiger charge is 2.68. The van der Waals surface area contributed by atoms with Crippen molar-refractivity contribution in [2.45, 2.75) is 39.5 Å². The summed E-state index contributed by atoms with van der Waals surface area (Å²) in [6.45, 7) is 5.01. The molecule has 2 saturated carbocycles. The van der Waals surface area contributed by atoms with Gasteiger partial charge < -0.3 is 9.84 Å². The summed E-state index contributed by atoms with van der Waals surface area (Å²) in [5.41, 5.74) is 1.13. The Morgan fingerprint density at radius 2 is 2.21 bits per heavy atom. The Labute approximate surface area is 115 Å². The molecule has 5 unspecified atom stereocenters. The van der Waals surface area contributed by atoms with E-state index < -0.39 is 11.4 Å². The summed E-state index contributed by atoms with van der Waals surface area (Å²) >= 11 is 0. The lowest BCUT2D eigenvalue weighted by Crippen LogP contribution is -2.62. The molecule has 0 aliphatic heterocycles. The maximum Gasteiger partial charge on any atom is 0.309 e. The zero-order valence-corrected chi connectivity index (χ0v) is 12.1. The van der Waals surface area contributed by atoms with E-state index in [-0.39, 0.29) is 0 Å². The van der Waals surface area contributed by atoms with Crippen molar-refractivity contribution >= 4 is 5.97 Å². The number of aliphatic carboxylic acids is 1. The zero-order valence-electron chi connectivity index (χ0n) is 12.1. The van der Waals surface area contributed by atoms with E-state index in [2.05, 4.69) is 13.0 Å². The molecule has 0 heterocycles. The lowest BCUT2D eigenvalue weighted by atomic mass is 9.38. The van der Waals surface area contributed by atoms with Gasteiger partial charge in [0.15, 0.2) is 0 Å². The van der Waals surface area contributed by atoms with Crippen LogP contribution in [0.15, 0.2) is 11.6 Å². The quantitative estimate of drug-likeness (QED) is 0.797. The smallest absolute Gasteiger partial charge is 0.309 e. The van der Waals surface area contributed by atoms with Crippen molar-refractivity contribution in [2.24, 2.45) is 28.6 Å². The summed E-state index contributed by atoms with van der Waals surface area (Å²) in [5, 5.41) is 9.72. The molecule has 4 aliphatic carbocycles. The molecule has 5 atom stereocenters. The highest BCUT2D eigenvalue weighted by Crippen LogP contribution is 2.72. The zero-order chi connectivity index (χ0) is 13.8. The van der Waals surface area contributed by atoms with Crippen molar-refractivity contribution < 1.29 is 14.6 Å². The van der Waals surface area contributed by atoms with E-state index in [9.17, 15) is 9.90 Å². The highest BCUT2D eigenvalue weighted by atomic mass is 16.5. The molecule has 0 spiro atoms. The normalized spacial score (nSPS) is 47.9. The van der Waals surface area contributed by atoms with Crippen LogP contribution >= 0.6 is 0 Å². The van der Waals surface area contributed by atoms with Crippen LogP contribution in [0.2, 0.25) is 0 Å². The number of fused-ring (bicyclic) bond motifs is 1. The molecule has 4 aliphatic rings. The number of carbonyl (C=O) groups is 1. The fraction of sp³-hybridized carbons (Fsp3) is 0.812. The summed E-state index contributed by atoms with van der Waals surface area (Å²) in [5.74, 6) is 0.694. The molecule has 0 aromatic carbocycles. The third kappa shape index (κ3) is 1.51. The van der Waals surface area contributed by atoms with E-state index in [0.29, 0.717) is 29.8 Å². The van der Waals surface area contributed by atoms with Crippen molar-refractivity contribution in [1.82, 2.24) is 0 Å². The van der Waals surface area contributed by atoms with Gasteiger partial charge in [0.2, 0.25) is 0 Å². The van der Waals surface area contributed by atoms with Gasteiger partial charge in [-0.2, -0.15) is 0 Å². The monoisotopic (exact) mass is 264 g/mol. The number of hydrogen-bond donors (Lipinski definition) is 1. The van der Waals surface area contributed by atoms with Crippen LogP contribution in [-0.4, -0.2) is 24.8 Å². The van der Waals surface area contributed by atoms with Gasteiger partial charge in [0.25, 0.3) is 0 Å². The molecular formula is C16H24O3. The first-order valence-electron chi connectivity index (χ1n) is 7.36. The fourth-order valence-corrected chi connectivity index (χ4v) is 5.36. The predicted octanol–water partition coefficient (Wildman–Crippen LogP) is 3.11. The van der Waals surface area contributed by atoms with E-state index in [1.807, 2.05) is 6.92 Å². The van der Waals surface area contributed by atoms with Gasteiger partial charge in [0, 0.05) is 7.11 Å². The second-order valence-electron chi connectivity index (χ2n) is 7.14. The third-order valence-electron chi connectivity index (χ3n) is 6.33. The SMILES string of the molecule is COCC1=CCC2C3C1C2(C)CCCC3(C)C(=O)O. The van der Waals surface area contributed by atoms with E-state index in [0.717, 1.165) is 19.3 Å². The second-order valence-corrected chi connectivity index (χ2v) is 7.14. The molecule has 106 valence electrons. The Kier molecular flexibility index (Phi) is 2.83. The minimum Gasteiger partial charge on any atom is -0.481 e. The maximum atomic E-state index is 11.8. The molecule has 2 fully saturated rings. The first kappa shape index (κ1) is 13.2. The Balaban J connectivity index is 2.01. The van der Waals surface area contributed by atoms with E-state index >= 15 is 0 Å². The van der Waals surface area contributed by atoms with Gasteiger partial charge in [-0.05, 0) is 54.9 Å². The molecule has 1 N–H and O–H groups in total. The summed E-state index contributed by atoms with van der Waals surface area (Å²) in [6, 6.07) is 0. The van der Waals surface area contributed by atoms with Crippen LogP contribution < -0.4 is 0 Å². The first-order valence-corrected chi connectivity index (χ1v) is 7.36. The molecule has 4 rings (SSSR count). The van der Waals surface area contributed by atoms with Crippen LogP contribution in [0.4, 0.5) is 0 Å². The minimum atomic E-state index is -0.602. The molecule has 0 aromatic heterocycles. The van der Waals surface area contributed by atoms with Crippen LogP contribution in [0, 0.1) is 28.6 Å². The minimum absolute atomic E-state index is 0.313. The third-order valence-corrected chi connectivity index (χ3v) is 6.33. The van der Waals surface area contributed by atoms with Gasteiger partial charge in [0.1, 0.15) is 0 Å². The number of hydrogen-bond acceptors (Lipinski definition) is 2. The number of carboxylic acids is 1. The Hall–Kier alpha value is -0.830. The lowest BCUT2D eigenvalue weighted by molar-refractivity contribution is -0.179. The van der Waals surface area contributed by atoms with Crippen molar-refractivity contribution in [3.05, 3.63) is 11.6 Å². The molecule has 0 radical (unpaired) electrons. The van der Waals surface area contributed by atoms with Gasteiger partial charge in [-0.3, -0.25) is 4.79 Å². The topological polar surface area (TPSA) is 46.5 Å². The molecular weight excluding hydrogens is 240 g/mol. The molecule has 3 heteroatoms. The van der Waals surface area contributed by atoms with Gasteiger partial charge in [-0.25, -0.2) is 0 Å². The standard InChI is InChI=1S/C16H24O3/c1-15-7-4-8-16(2,14(17)18)13-11(15)6-5-10(9-19-3)12(13)15/h5,11-13H,4,6-9H2,1-3H3,(H,17,18). The van der Waals surface area contributed by atoms with Gasteiger partial charge >= 0.3 is 5.97 Å². The molecule has 0 saturated heterocycles. The molecule has 3 nitrogen and oxygen atoms in total. The van der Waals surface area contributed by atoms with E-state index in [1.165, 1.54) is 12.0 Å². The summed E-state index contributed by atoms with van der Waals surface area (Å²) in [4.78, 5) is 11.8. The summed E-state index contributed by atoms with van der Waals surface area (Å²) < 4.78 is 5.34. The molecule has 0 aromatic rings. The average molecular weight is 264 g/mol. The maximum absolute atomic E-state index is 11.8. The van der Waals surface area contributed by atoms with Crippen LogP contribution in [-0.2, 0) is 9.53 Å². The first-order chi connectivity index (χ1) is 8.95.